The van der Waals surface area contributed by atoms with Crippen molar-refractivity contribution >= 4 is 17.6 Å². The molecule has 24 heavy (non-hydrogen) atoms. The van der Waals surface area contributed by atoms with Crippen LogP contribution in [0.25, 0.3) is 0 Å². The molecule has 1 amide bonds. The van der Waals surface area contributed by atoms with Crippen LogP contribution in [0.1, 0.15) is 26.2 Å². The average molecular weight is 339 g/mol. The van der Waals surface area contributed by atoms with E-state index in [9.17, 15) is 19.7 Å². The first-order chi connectivity index (χ1) is 11.4. The van der Waals surface area contributed by atoms with E-state index in [0.29, 0.717) is 6.54 Å². The van der Waals surface area contributed by atoms with Gasteiger partial charge in [-0.15, -0.1) is 0 Å². The lowest BCUT2D eigenvalue weighted by atomic mass is 9.85. The van der Waals surface area contributed by atoms with Crippen molar-refractivity contribution in [2.24, 2.45) is 0 Å². The lowest BCUT2D eigenvalue weighted by molar-refractivity contribution is -0.385. The number of aliphatic carboxylic acids is 1. The summed E-state index contributed by atoms with van der Waals surface area (Å²) in [4.78, 5) is 34.6. The number of hydrogen-bond acceptors (Lipinski definition) is 6. The largest absolute Gasteiger partial charge is 0.480 e. The van der Waals surface area contributed by atoms with Gasteiger partial charge in [-0.3, -0.25) is 29.3 Å². The van der Waals surface area contributed by atoms with Crippen molar-refractivity contribution in [2.75, 3.05) is 13.1 Å². The highest BCUT2D eigenvalue weighted by Gasteiger charge is 2.34. The Morgan fingerprint density at radius 2 is 2.25 bits per heavy atom. The van der Waals surface area contributed by atoms with Gasteiger partial charge in [0.15, 0.2) is 0 Å². The number of nitrogens with one attached hydrogen (secondary N) is 1. The molecule has 0 radical (unpaired) electrons. The van der Waals surface area contributed by atoms with Crippen molar-refractivity contribution in [3.63, 3.8) is 0 Å². The first-order valence-corrected chi connectivity index (χ1v) is 7.81. The van der Waals surface area contributed by atoms with Gasteiger partial charge in [-0.05, 0) is 19.4 Å². The number of aryl methyl sites for hydroxylation is 1. The highest BCUT2D eigenvalue weighted by atomic mass is 16.6. The molecule has 1 aliphatic rings. The monoisotopic (exact) mass is 339 g/mol. The zero-order valence-electron chi connectivity index (χ0n) is 13.4. The highest BCUT2D eigenvalue weighted by molar-refractivity contribution is 5.76. The first kappa shape index (κ1) is 17.9. The van der Waals surface area contributed by atoms with Gasteiger partial charge >= 0.3 is 11.7 Å². The second kappa shape index (κ2) is 7.86. The number of carbonyl (C=O) groups excluding carboxylic acids is 1. The molecule has 0 aliphatic heterocycles. The quantitative estimate of drug-likeness (QED) is 0.486. The summed E-state index contributed by atoms with van der Waals surface area (Å²) in [7, 11) is 0. The number of aromatic nitrogens is 2. The zero-order chi connectivity index (χ0) is 17.7. The van der Waals surface area contributed by atoms with Crippen LogP contribution in [0.5, 0.6) is 0 Å². The number of nitro groups is 1. The van der Waals surface area contributed by atoms with E-state index in [0.717, 1.165) is 19.0 Å². The Morgan fingerprint density at radius 3 is 2.79 bits per heavy atom. The van der Waals surface area contributed by atoms with Crippen LogP contribution < -0.4 is 5.32 Å². The summed E-state index contributed by atoms with van der Waals surface area (Å²) in [6.45, 7) is 2.86. The Hall–Kier alpha value is -2.49. The molecule has 1 aromatic rings. The van der Waals surface area contributed by atoms with Crippen LogP contribution in [-0.2, 0) is 16.1 Å². The molecule has 0 aromatic carbocycles. The number of likely N-dealkylation sites (N-methyl/N-ethyl adjacent to an activating group) is 1. The van der Waals surface area contributed by atoms with Crippen LogP contribution in [0.4, 0.5) is 5.69 Å². The summed E-state index contributed by atoms with van der Waals surface area (Å²) < 4.78 is 1.37. The van der Waals surface area contributed by atoms with Crippen molar-refractivity contribution in [2.45, 2.75) is 44.8 Å². The van der Waals surface area contributed by atoms with Gasteiger partial charge in [0.05, 0.1) is 11.5 Å². The van der Waals surface area contributed by atoms with E-state index in [2.05, 4.69) is 10.4 Å². The maximum Gasteiger partial charge on any atom is 0.317 e. The predicted molar refractivity (Wildman–Crippen MR) is 83.3 cm³/mol. The summed E-state index contributed by atoms with van der Waals surface area (Å²) in [6.07, 6.45) is 4.10. The number of carboxylic acids is 1. The van der Waals surface area contributed by atoms with Crippen molar-refractivity contribution in [3.05, 3.63) is 22.5 Å². The molecule has 0 bridgehead atoms. The summed E-state index contributed by atoms with van der Waals surface area (Å²) >= 11 is 0. The average Bonchev–Trinajstić information content (AvgIpc) is 2.95. The number of carboxylic acid groups (broad SMARTS) is 1. The molecule has 1 aromatic heterocycles. The highest BCUT2D eigenvalue weighted by Crippen LogP contribution is 2.25. The fraction of sp³-hybridized carbons (Fsp3) is 0.643. The molecule has 1 aliphatic carbocycles. The number of rotatable bonds is 9. The Kier molecular flexibility index (Phi) is 5.85. The van der Waals surface area contributed by atoms with E-state index in [1.54, 1.807) is 0 Å². The first-order valence-electron chi connectivity index (χ1n) is 7.81. The minimum Gasteiger partial charge on any atom is -0.480 e. The Morgan fingerprint density at radius 1 is 1.54 bits per heavy atom. The van der Waals surface area contributed by atoms with Gasteiger partial charge in [0.25, 0.3) is 0 Å². The van der Waals surface area contributed by atoms with Crippen molar-refractivity contribution in [3.8, 4) is 0 Å². The van der Waals surface area contributed by atoms with E-state index < -0.39 is 10.9 Å². The fourth-order valence-electron chi connectivity index (χ4n) is 2.76. The Balaban J connectivity index is 1.68. The van der Waals surface area contributed by atoms with Crippen LogP contribution in [0.3, 0.4) is 0 Å². The van der Waals surface area contributed by atoms with Gasteiger partial charge < -0.3 is 10.4 Å². The van der Waals surface area contributed by atoms with Crippen molar-refractivity contribution < 1.29 is 19.6 Å². The zero-order valence-corrected chi connectivity index (χ0v) is 13.4. The van der Waals surface area contributed by atoms with Crippen LogP contribution >= 0.6 is 0 Å². The molecule has 1 saturated carbocycles. The molecule has 10 heteroatoms. The SMILES string of the molecule is CCN(CC(=O)O)C1CC(NC(=O)CCn2cc([N+](=O)[O-])cn2)C1. The summed E-state index contributed by atoms with van der Waals surface area (Å²) in [5.74, 6) is -0.990. The summed E-state index contributed by atoms with van der Waals surface area (Å²) in [6, 6.07) is 0.238. The minimum atomic E-state index is -0.849. The Bertz CT molecular complexity index is 610. The van der Waals surface area contributed by atoms with Gasteiger partial charge in [0.1, 0.15) is 12.4 Å². The van der Waals surface area contributed by atoms with Gasteiger partial charge in [-0.25, -0.2) is 0 Å². The van der Waals surface area contributed by atoms with Gasteiger partial charge in [0, 0.05) is 25.0 Å². The van der Waals surface area contributed by atoms with Crippen molar-refractivity contribution in [1.82, 2.24) is 20.0 Å². The molecule has 132 valence electrons. The summed E-state index contributed by atoms with van der Waals surface area (Å²) in [5, 5.41) is 26.1. The predicted octanol–water partition coefficient (Wildman–Crippen LogP) is 0.235. The van der Waals surface area contributed by atoms with Gasteiger partial charge in [-0.1, -0.05) is 6.92 Å². The van der Waals surface area contributed by atoms with E-state index in [1.807, 2.05) is 11.8 Å². The number of nitrogens with zero attached hydrogens (tertiary/aromatic N) is 4. The number of amides is 1. The minimum absolute atomic E-state index is 0.0138. The van der Waals surface area contributed by atoms with Crippen molar-refractivity contribution in [1.29, 1.82) is 0 Å². The van der Waals surface area contributed by atoms with Gasteiger partial charge in [0.2, 0.25) is 5.91 Å². The van der Waals surface area contributed by atoms with E-state index in [4.69, 9.17) is 5.11 Å². The Labute approximate surface area is 138 Å². The molecule has 0 saturated heterocycles. The molecular formula is C14H21N5O5. The molecule has 0 unspecified atom stereocenters. The third-order valence-corrected chi connectivity index (χ3v) is 4.14. The molecule has 0 atom stereocenters. The smallest absolute Gasteiger partial charge is 0.317 e. The van der Waals surface area contributed by atoms with Crippen LogP contribution in [-0.4, -0.2) is 61.8 Å². The summed E-state index contributed by atoms with van der Waals surface area (Å²) in [5.41, 5.74) is -0.102. The van der Waals surface area contributed by atoms with E-state index in [-0.39, 0.29) is 43.2 Å². The standard InChI is InChI=1S/C14H21N5O5/c1-2-17(9-14(21)22)11-5-10(6-11)16-13(20)3-4-18-8-12(7-15-18)19(23)24/h7-8,10-11H,2-6,9H2,1H3,(H,16,20)(H,21,22). The molecular weight excluding hydrogens is 318 g/mol. The molecule has 2 rings (SSSR count). The normalized spacial score (nSPS) is 19.8. The second-order valence-electron chi connectivity index (χ2n) is 5.82. The topological polar surface area (TPSA) is 131 Å². The second-order valence-corrected chi connectivity index (χ2v) is 5.82. The van der Waals surface area contributed by atoms with Crippen LogP contribution in [0.2, 0.25) is 0 Å². The van der Waals surface area contributed by atoms with Crippen LogP contribution in [0.15, 0.2) is 12.4 Å². The van der Waals surface area contributed by atoms with E-state index >= 15 is 0 Å². The molecule has 1 heterocycles. The fourth-order valence-corrected chi connectivity index (χ4v) is 2.76. The van der Waals surface area contributed by atoms with Gasteiger partial charge in [-0.2, -0.15) is 5.10 Å². The number of carbonyl (C=O) groups is 2. The molecule has 10 nitrogen and oxygen atoms in total. The third kappa shape index (κ3) is 4.75. The molecule has 2 N–H and O–H groups in total. The lowest BCUT2D eigenvalue weighted by Crippen LogP contribution is -2.54. The molecule has 0 spiro atoms. The third-order valence-electron chi connectivity index (χ3n) is 4.14. The maximum atomic E-state index is 11.9. The number of hydrogen-bond donors (Lipinski definition) is 2. The van der Waals surface area contributed by atoms with E-state index in [1.165, 1.54) is 10.9 Å². The lowest BCUT2D eigenvalue weighted by Gasteiger charge is -2.42. The maximum absolute atomic E-state index is 11.9. The molecule has 1 fully saturated rings. The van der Waals surface area contributed by atoms with Crippen LogP contribution in [0, 0.1) is 10.1 Å².